The summed E-state index contributed by atoms with van der Waals surface area (Å²) in [5.41, 5.74) is 3.50. The molecule has 128 valence electrons. The minimum Gasteiger partial charge on any atom is -0.456 e. The van der Waals surface area contributed by atoms with Crippen molar-refractivity contribution >= 4 is 23.1 Å². The maximum absolute atomic E-state index is 12.4. The van der Waals surface area contributed by atoms with E-state index in [1.165, 1.54) is 6.33 Å². The summed E-state index contributed by atoms with van der Waals surface area (Å²) in [7, 11) is 0. The van der Waals surface area contributed by atoms with E-state index in [1.54, 1.807) is 12.1 Å². The maximum Gasteiger partial charge on any atom is 0.291 e. The van der Waals surface area contributed by atoms with Crippen molar-refractivity contribution < 1.29 is 9.21 Å². The van der Waals surface area contributed by atoms with Gasteiger partial charge in [0.05, 0.1) is 0 Å². The number of rotatable bonds is 5. The van der Waals surface area contributed by atoms with Gasteiger partial charge in [-0.15, -0.1) is 0 Å². The molecular weight excluding hydrogens is 316 g/mol. The van der Waals surface area contributed by atoms with Gasteiger partial charge in [-0.2, -0.15) is 0 Å². The number of nitrogens with zero attached hydrogens (tertiary/aromatic N) is 2. The van der Waals surface area contributed by atoms with Crippen LogP contribution in [0.25, 0.3) is 0 Å². The van der Waals surface area contributed by atoms with Crippen LogP contribution < -0.4 is 10.6 Å². The zero-order valence-corrected chi connectivity index (χ0v) is 14.5. The Balaban J connectivity index is 1.83. The number of carbonyl (C=O) groups is 1. The summed E-state index contributed by atoms with van der Waals surface area (Å²) in [6.45, 7) is 5.76. The molecule has 2 N–H and O–H groups in total. The molecule has 6 nitrogen and oxygen atoms in total. The third kappa shape index (κ3) is 4.03. The molecule has 0 saturated heterocycles. The van der Waals surface area contributed by atoms with Crippen LogP contribution in [0.5, 0.6) is 0 Å². The lowest BCUT2D eigenvalue weighted by Crippen LogP contribution is -2.12. The fourth-order valence-corrected chi connectivity index (χ4v) is 2.49. The van der Waals surface area contributed by atoms with E-state index in [9.17, 15) is 4.79 Å². The molecular formula is C19H20N4O2. The number of hydrogen-bond donors (Lipinski definition) is 2. The summed E-state index contributed by atoms with van der Waals surface area (Å²) < 4.78 is 5.39. The normalized spacial score (nSPS) is 10.5. The average Bonchev–Trinajstić information content (AvgIpc) is 3.02. The van der Waals surface area contributed by atoms with E-state index in [1.807, 2.05) is 45.0 Å². The highest BCUT2D eigenvalue weighted by Gasteiger charge is 2.13. The number of aromatic nitrogens is 2. The SMILES string of the molecule is CCc1ccc(Nc2cc(C)ncn2)cc1NC(=O)c1ccc(C)o1. The molecule has 3 aromatic rings. The lowest BCUT2D eigenvalue weighted by atomic mass is 10.1. The molecule has 2 heterocycles. The number of benzene rings is 1. The van der Waals surface area contributed by atoms with Crippen molar-refractivity contribution in [2.45, 2.75) is 27.2 Å². The molecule has 2 aromatic heterocycles. The number of anilines is 3. The van der Waals surface area contributed by atoms with Crippen molar-refractivity contribution in [1.82, 2.24) is 9.97 Å². The second-order valence-electron chi connectivity index (χ2n) is 5.76. The number of hydrogen-bond acceptors (Lipinski definition) is 5. The molecule has 1 aromatic carbocycles. The first-order valence-corrected chi connectivity index (χ1v) is 8.11. The zero-order valence-electron chi connectivity index (χ0n) is 14.5. The van der Waals surface area contributed by atoms with Crippen LogP contribution in [0.4, 0.5) is 17.2 Å². The molecule has 0 spiro atoms. The minimum absolute atomic E-state index is 0.266. The van der Waals surface area contributed by atoms with Crippen molar-refractivity contribution in [3.05, 3.63) is 65.5 Å². The zero-order chi connectivity index (χ0) is 17.8. The van der Waals surface area contributed by atoms with Gasteiger partial charge in [0.1, 0.15) is 17.9 Å². The summed E-state index contributed by atoms with van der Waals surface area (Å²) >= 11 is 0. The van der Waals surface area contributed by atoms with Gasteiger partial charge in [-0.05, 0) is 50.1 Å². The summed E-state index contributed by atoms with van der Waals surface area (Å²) in [6.07, 6.45) is 2.32. The van der Waals surface area contributed by atoms with Crippen LogP contribution >= 0.6 is 0 Å². The Hall–Kier alpha value is -3.15. The number of nitrogens with one attached hydrogen (secondary N) is 2. The second-order valence-corrected chi connectivity index (χ2v) is 5.76. The van der Waals surface area contributed by atoms with Crippen molar-refractivity contribution in [3.8, 4) is 0 Å². The summed E-state index contributed by atoms with van der Waals surface area (Å²) in [4.78, 5) is 20.6. The van der Waals surface area contributed by atoms with Gasteiger partial charge in [0.25, 0.3) is 5.91 Å². The highest BCUT2D eigenvalue weighted by molar-refractivity contribution is 6.03. The highest BCUT2D eigenvalue weighted by atomic mass is 16.3. The quantitative estimate of drug-likeness (QED) is 0.728. The molecule has 3 rings (SSSR count). The summed E-state index contributed by atoms with van der Waals surface area (Å²) in [5.74, 6) is 1.44. The number of aryl methyl sites for hydroxylation is 3. The van der Waals surface area contributed by atoms with Crippen LogP contribution in [0.15, 0.2) is 47.1 Å². The van der Waals surface area contributed by atoms with E-state index in [2.05, 4.69) is 20.6 Å². The number of carbonyl (C=O) groups excluding carboxylic acids is 1. The van der Waals surface area contributed by atoms with Crippen LogP contribution in [0, 0.1) is 13.8 Å². The molecule has 0 aliphatic carbocycles. The number of furan rings is 1. The Kier molecular flexibility index (Phi) is 4.79. The highest BCUT2D eigenvalue weighted by Crippen LogP contribution is 2.24. The van der Waals surface area contributed by atoms with Gasteiger partial charge in [0.15, 0.2) is 5.76 Å². The van der Waals surface area contributed by atoms with Crippen LogP contribution in [0.3, 0.4) is 0 Å². The Labute approximate surface area is 146 Å². The predicted octanol–water partition coefficient (Wildman–Crippen LogP) is 4.24. The second kappa shape index (κ2) is 7.17. The maximum atomic E-state index is 12.4. The third-order valence-electron chi connectivity index (χ3n) is 3.78. The van der Waals surface area contributed by atoms with Crippen molar-refractivity contribution in [2.24, 2.45) is 0 Å². The van der Waals surface area contributed by atoms with Crippen molar-refractivity contribution in [2.75, 3.05) is 10.6 Å². The van der Waals surface area contributed by atoms with E-state index < -0.39 is 0 Å². The Morgan fingerprint density at radius 1 is 1.12 bits per heavy atom. The van der Waals surface area contributed by atoms with E-state index in [0.717, 1.165) is 29.1 Å². The molecule has 0 unspecified atom stereocenters. The van der Waals surface area contributed by atoms with E-state index in [-0.39, 0.29) is 5.91 Å². The summed E-state index contributed by atoms with van der Waals surface area (Å²) in [5, 5.41) is 6.15. The van der Waals surface area contributed by atoms with Crippen molar-refractivity contribution in [3.63, 3.8) is 0 Å². The summed E-state index contributed by atoms with van der Waals surface area (Å²) in [6, 6.07) is 11.1. The lowest BCUT2D eigenvalue weighted by molar-refractivity contribution is 0.0995. The van der Waals surface area contributed by atoms with Gasteiger partial charge < -0.3 is 15.1 Å². The van der Waals surface area contributed by atoms with E-state index in [4.69, 9.17) is 4.42 Å². The molecule has 0 bridgehead atoms. The van der Waals surface area contributed by atoms with Crippen LogP contribution in [0.2, 0.25) is 0 Å². The smallest absolute Gasteiger partial charge is 0.291 e. The van der Waals surface area contributed by atoms with Gasteiger partial charge in [0, 0.05) is 23.1 Å². The Morgan fingerprint density at radius 3 is 2.64 bits per heavy atom. The van der Waals surface area contributed by atoms with E-state index in [0.29, 0.717) is 17.3 Å². The molecule has 0 atom stereocenters. The van der Waals surface area contributed by atoms with Gasteiger partial charge in [-0.3, -0.25) is 4.79 Å². The fourth-order valence-electron chi connectivity index (χ4n) is 2.49. The predicted molar refractivity (Wildman–Crippen MR) is 97.3 cm³/mol. The Morgan fingerprint density at radius 2 is 1.96 bits per heavy atom. The topological polar surface area (TPSA) is 80.0 Å². The molecule has 0 aliphatic heterocycles. The van der Waals surface area contributed by atoms with Crippen LogP contribution in [-0.2, 0) is 6.42 Å². The van der Waals surface area contributed by atoms with Gasteiger partial charge >= 0.3 is 0 Å². The van der Waals surface area contributed by atoms with E-state index >= 15 is 0 Å². The lowest BCUT2D eigenvalue weighted by Gasteiger charge is -2.12. The van der Waals surface area contributed by atoms with Gasteiger partial charge in [-0.1, -0.05) is 13.0 Å². The van der Waals surface area contributed by atoms with Crippen LogP contribution in [-0.4, -0.2) is 15.9 Å². The molecule has 0 aliphatic rings. The molecule has 0 radical (unpaired) electrons. The number of amides is 1. The van der Waals surface area contributed by atoms with Gasteiger partial charge in [0.2, 0.25) is 0 Å². The molecule has 0 saturated carbocycles. The average molecular weight is 336 g/mol. The Bertz CT molecular complexity index is 902. The molecule has 1 amide bonds. The largest absolute Gasteiger partial charge is 0.456 e. The standard InChI is InChI=1S/C19H20N4O2/c1-4-14-6-7-15(22-18-9-12(2)20-11-21-18)10-16(14)23-19(24)17-8-5-13(3)25-17/h5-11H,4H2,1-3H3,(H,23,24)(H,20,21,22). The molecule has 0 fully saturated rings. The molecule has 6 heteroatoms. The van der Waals surface area contributed by atoms with Crippen molar-refractivity contribution in [1.29, 1.82) is 0 Å². The molecule has 25 heavy (non-hydrogen) atoms. The first-order valence-electron chi connectivity index (χ1n) is 8.11. The monoisotopic (exact) mass is 336 g/mol. The van der Waals surface area contributed by atoms with Crippen LogP contribution in [0.1, 0.15) is 34.5 Å². The first-order chi connectivity index (χ1) is 12.0. The van der Waals surface area contributed by atoms with Gasteiger partial charge in [-0.25, -0.2) is 9.97 Å². The fraction of sp³-hybridized carbons (Fsp3) is 0.211. The minimum atomic E-state index is -0.266. The third-order valence-corrected chi connectivity index (χ3v) is 3.78. The first kappa shape index (κ1) is 16.7.